The molecule has 0 atom stereocenters. The fraction of sp³-hybridized carbons (Fsp3) is 0.375. The van der Waals surface area contributed by atoms with Gasteiger partial charge in [0.1, 0.15) is 5.52 Å². The van der Waals surface area contributed by atoms with Crippen LogP contribution in [0.3, 0.4) is 0 Å². The molecule has 0 aliphatic heterocycles. The molecule has 2 aromatic heterocycles. The fourth-order valence-corrected chi connectivity index (χ4v) is 1.56. The van der Waals surface area contributed by atoms with Crippen LogP contribution in [0.1, 0.15) is 19.0 Å². The summed E-state index contributed by atoms with van der Waals surface area (Å²) in [7, 11) is 0. The van der Waals surface area contributed by atoms with Crippen LogP contribution in [-0.2, 0) is 6.42 Å². The van der Waals surface area contributed by atoms with Gasteiger partial charge >= 0.3 is 0 Å². The third-order valence-electron chi connectivity index (χ3n) is 1.89. The molecule has 0 aliphatic rings. The monoisotopic (exact) mass is 194 g/mol. The SMILES string of the molecule is CCCc1[nH]c(=S)nc2nc[nH]c12. The van der Waals surface area contributed by atoms with Gasteiger partial charge in [-0.1, -0.05) is 13.3 Å². The van der Waals surface area contributed by atoms with Crippen LogP contribution in [0.5, 0.6) is 0 Å². The van der Waals surface area contributed by atoms with Crippen molar-refractivity contribution in [1.29, 1.82) is 0 Å². The highest BCUT2D eigenvalue weighted by atomic mass is 32.1. The third kappa shape index (κ3) is 1.47. The van der Waals surface area contributed by atoms with E-state index in [4.69, 9.17) is 12.2 Å². The van der Waals surface area contributed by atoms with E-state index >= 15 is 0 Å². The predicted octanol–water partition coefficient (Wildman–Crippen LogP) is 1.97. The first-order valence-corrected chi connectivity index (χ1v) is 4.64. The molecule has 2 heterocycles. The molecule has 4 nitrogen and oxygen atoms in total. The number of aromatic amines is 2. The Kier molecular flexibility index (Phi) is 2.10. The number of nitrogens with one attached hydrogen (secondary N) is 2. The molecule has 2 N–H and O–H groups in total. The Morgan fingerprint density at radius 3 is 3.15 bits per heavy atom. The lowest BCUT2D eigenvalue weighted by Crippen LogP contribution is -1.94. The zero-order chi connectivity index (χ0) is 9.26. The molecule has 0 fully saturated rings. The molecule has 0 bridgehead atoms. The van der Waals surface area contributed by atoms with Crippen LogP contribution in [0.25, 0.3) is 11.2 Å². The number of nitrogens with zero attached hydrogens (tertiary/aromatic N) is 2. The maximum absolute atomic E-state index is 4.99. The molecule has 0 spiro atoms. The largest absolute Gasteiger partial charge is 0.342 e. The minimum absolute atomic E-state index is 0.503. The van der Waals surface area contributed by atoms with E-state index in [0.717, 1.165) is 24.1 Å². The Bertz CT molecular complexity index is 470. The summed E-state index contributed by atoms with van der Waals surface area (Å²) in [4.78, 5) is 14.3. The summed E-state index contributed by atoms with van der Waals surface area (Å²) in [5.74, 6) is 0. The summed E-state index contributed by atoms with van der Waals surface area (Å²) >= 11 is 4.99. The van der Waals surface area contributed by atoms with Crippen molar-refractivity contribution in [3.8, 4) is 0 Å². The van der Waals surface area contributed by atoms with E-state index in [-0.39, 0.29) is 0 Å². The van der Waals surface area contributed by atoms with Gasteiger partial charge in [-0.3, -0.25) is 0 Å². The van der Waals surface area contributed by atoms with Crippen molar-refractivity contribution >= 4 is 23.4 Å². The normalized spacial score (nSPS) is 10.8. The smallest absolute Gasteiger partial charge is 0.199 e. The lowest BCUT2D eigenvalue weighted by molar-refractivity contribution is 0.879. The quantitative estimate of drug-likeness (QED) is 0.718. The van der Waals surface area contributed by atoms with Gasteiger partial charge < -0.3 is 9.97 Å². The van der Waals surface area contributed by atoms with Gasteiger partial charge in [0, 0.05) is 5.69 Å². The highest BCUT2D eigenvalue weighted by molar-refractivity contribution is 7.71. The standard InChI is InChI=1S/C8H10N4S/c1-2-3-5-6-7(10-4-9-6)12-8(13)11-5/h4H,2-3H2,1H3,(H2,9,10,11,12,13). The van der Waals surface area contributed by atoms with Gasteiger partial charge in [-0.15, -0.1) is 0 Å². The predicted molar refractivity (Wildman–Crippen MR) is 53.1 cm³/mol. The molecule has 0 aliphatic carbocycles. The number of hydrogen-bond donors (Lipinski definition) is 2. The van der Waals surface area contributed by atoms with E-state index in [0.29, 0.717) is 10.4 Å². The van der Waals surface area contributed by atoms with Crippen molar-refractivity contribution in [2.75, 3.05) is 0 Å². The first-order chi connectivity index (χ1) is 6.31. The van der Waals surface area contributed by atoms with Crippen molar-refractivity contribution in [2.45, 2.75) is 19.8 Å². The van der Waals surface area contributed by atoms with E-state index in [1.54, 1.807) is 6.33 Å². The Hall–Kier alpha value is -1.23. The molecule has 0 radical (unpaired) electrons. The van der Waals surface area contributed by atoms with Gasteiger partial charge in [0.2, 0.25) is 0 Å². The van der Waals surface area contributed by atoms with Gasteiger partial charge in [-0.2, -0.15) is 4.98 Å². The number of aromatic nitrogens is 4. The Morgan fingerprint density at radius 1 is 1.54 bits per heavy atom. The molecule has 2 rings (SSSR count). The van der Waals surface area contributed by atoms with E-state index in [1.807, 2.05) is 0 Å². The minimum atomic E-state index is 0.503. The van der Waals surface area contributed by atoms with Gasteiger partial charge in [0.05, 0.1) is 6.33 Å². The second-order valence-corrected chi connectivity index (χ2v) is 3.26. The fourth-order valence-electron chi connectivity index (χ4n) is 1.35. The lowest BCUT2D eigenvalue weighted by Gasteiger charge is -1.99. The number of H-pyrrole nitrogens is 2. The number of aryl methyl sites for hydroxylation is 1. The van der Waals surface area contributed by atoms with E-state index < -0.39 is 0 Å². The van der Waals surface area contributed by atoms with Crippen LogP contribution in [0.4, 0.5) is 0 Å². The average molecular weight is 194 g/mol. The van der Waals surface area contributed by atoms with Crippen molar-refractivity contribution in [1.82, 2.24) is 19.9 Å². The number of hydrogen-bond acceptors (Lipinski definition) is 3. The Balaban J connectivity index is 2.70. The maximum Gasteiger partial charge on any atom is 0.199 e. The van der Waals surface area contributed by atoms with Crippen molar-refractivity contribution < 1.29 is 0 Å². The second kappa shape index (κ2) is 3.26. The molecule has 0 amide bonds. The van der Waals surface area contributed by atoms with Crippen molar-refractivity contribution in [3.05, 3.63) is 16.8 Å². The zero-order valence-electron chi connectivity index (χ0n) is 7.29. The highest BCUT2D eigenvalue weighted by Crippen LogP contribution is 2.11. The Labute approximate surface area is 80.4 Å². The molecule has 0 saturated heterocycles. The minimum Gasteiger partial charge on any atom is -0.342 e. The van der Waals surface area contributed by atoms with Crippen molar-refractivity contribution in [2.24, 2.45) is 0 Å². The third-order valence-corrected chi connectivity index (χ3v) is 2.08. The second-order valence-electron chi connectivity index (χ2n) is 2.87. The van der Waals surface area contributed by atoms with Gasteiger partial charge in [0.15, 0.2) is 10.4 Å². The molecule has 13 heavy (non-hydrogen) atoms. The van der Waals surface area contributed by atoms with Crippen molar-refractivity contribution in [3.63, 3.8) is 0 Å². The number of fused-ring (bicyclic) bond motifs is 1. The molecular weight excluding hydrogens is 184 g/mol. The molecular formula is C8H10N4S. The van der Waals surface area contributed by atoms with Crippen LogP contribution in [0.15, 0.2) is 6.33 Å². The van der Waals surface area contributed by atoms with Gasteiger partial charge in [-0.05, 0) is 18.6 Å². The van der Waals surface area contributed by atoms with Gasteiger partial charge in [0.25, 0.3) is 0 Å². The summed E-state index contributed by atoms with van der Waals surface area (Å²) in [5, 5.41) is 0. The molecule has 2 aromatic rings. The molecule has 0 aromatic carbocycles. The van der Waals surface area contributed by atoms with Gasteiger partial charge in [-0.25, -0.2) is 4.98 Å². The lowest BCUT2D eigenvalue weighted by atomic mass is 10.2. The maximum atomic E-state index is 4.99. The van der Waals surface area contributed by atoms with Crippen LogP contribution in [0.2, 0.25) is 0 Å². The molecule has 0 unspecified atom stereocenters. The average Bonchev–Trinajstić information content (AvgIpc) is 2.52. The Morgan fingerprint density at radius 2 is 2.38 bits per heavy atom. The molecule has 0 saturated carbocycles. The first kappa shape index (κ1) is 8.37. The molecule has 68 valence electrons. The van der Waals surface area contributed by atoms with Crippen LogP contribution < -0.4 is 0 Å². The van der Waals surface area contributed by atoms with Crippen LogP contribution in [0, 0.1) is 4.77 Å². The van der Waals surface area contributed by atoms with E-state index in [9.17, 15) is 0 Å². The highest BCUT2D eigenvalue weighted by Gasteiger charge is 2.03. The summed E-state index contributed by atoms with van der Waals surface area (Å²) < 4.78 is 0.503. The summed E-state index contributed by atoms with van der Waals surface area (Å²) in [6.45, 7) is 2.12. The topological polar surface area (TPSA) is 57.4 Å². The number of rotatable bonds is 2. The van der Waals surface area contributed by atoms with E-state index in [2.05, 4.69) is 26.9 Å². The van der Waals surface area contributed by atoms with E-state index in [1.165, 1.54) is 0 Å². The molecule has 5 heteroatoms. The zero-order valence-corrected chi connectivity index (χ0v) is 8.11. The summed E-state index contributed by atoms with van der Waals surface area (Å²) in [6.07, 6.45) is 3.67. The van der Waals surface area contributed by atoms with Crippen LogP contribution in [-0.4, -0.2) is 19.9 Å². The summed E-state index contributed by atoms with van der Waals surface area (Å²) in [5.41, 5.74) is 2.76. The number of imidazole rings is 1. The van der Waals surface area contributed by atoms with Crippen LogP contribution >= 0.6 is 12.2 Å². The first-order valence-electron chi connectivity index (χ1n) is 4.23. The summed E-state index contributed by atoms with van der Waals surface area (Å²) in [6, 6.07) is 0.